The van der Waals surface area contributed by atoms with E-state index in [2.05, 4.69) is 10.1 Å². The minimum absolute atomic E-state index is 0.0329. The Labute approximate surface area is 150 Å². The number of likely N-dealkylation sites (tertiary alicyclic amines) is 1. The highest BCUT2D eigenvalue weighted by Crippen LogP contribution is 2.31. The Kier molecular flexibility index (Phi) is 4.75. The number of rotatable bonds is 3. The van der Waals surface area contributed by atoms with E-state index in [1.165, 1.54) is 16.0 Å². The highest BCUT2D eigenvalue weighted by molar-refractivity contribution is 7.17. The summed E-state index contributed by atoms with van der Waals surface area (Å²) in [6, 6.07) is 0.0928. The van der Waals surface area contributed by atoms with Gasteiger partial charge in [-0.25, -0.2) is 9.67 Å². The number of hydrogen-bond donors (Lipinski definition) is 1. The van der Waals surface area contributed by atoms with Crippen molar-refractivity contribution in [3.63, 3.8) is 0 Å². The summed E-state index contributed by atoms with van der Waals surface area (Å²) < 4.78 is 1.32. The lowest BCUT2D eigenvalue weighted by atomic mass is 10.1. The fraction of sp³-hybridized carbons (Fsp3) is 0.529. The zero-order valence-electron chi connectivity index (χ0n) is 15.0. The molecule has 0 aromatic carbocycles. The van der Waals surface area contributed by atoms with E-state index in [1.807, 2.05) is 25.7 Å². The molecule has 8 heteroatoms. The van der Waals surface area contributed by atoms with Crippen LogP contribution in [0.1, 0.15) is 39.5 Å². The molecule has 1 saturated heterocycles. The maximum absolute atomic E-state index is 12.9. The minimum atomic E-state index is -0.197. The lowest BCUT2D eigenvalue weighted by Gasteiger charge is -2.22. The number of thiazole rings is 1. The van der Waals surface area contributed by atoms with Gasteiger partial charge in [0.2, 0.25) is 0 Å². The SMILES string of the molecule is Cc1nc(-c2c(C)c(C)nn(C)c2=O)sc1C(=O)N1CCCC1CN. The van der Waals surface area contributed by atoms with Crippen LogP contribution in [0.25, 0.3) is 10.6 Å². The van der Waals surface area contributed by atoms with Gasteiger partial charge in [0.1, 0.15) is 9.88 Å². The van der Waals surface area contributed by atoms with E-state index in [4.69, 9.17) is 5.73 Å². The maximum atomic E-state index is 12.9. The first kappa shape index (κ1) is 17.8. The van der Waals surface area contributed by atoms with E-state index in [0.717, 1.165) is 30.6 Å². The van der Waals surface area contributed by atoms with Gasteiger partial charge in [-0.3, -0.25) is 9.59 Å². The lowest BCUT2D eigenvalue weighted by Crippen LogP contribution is -2.39. The van der Waals surface area contributed by atoms with Crippen LogP contribution in [0.5, 0.6) is 0 Å². The number of aromatic nitrogens is 3. The van der Waals surface area contributed by atoms with Crippen molar-refractivity contribution in [2.24, 2.45) is 12.8 Å². The number of hydrogen-bond acceptors (Lipinski definition) is 6. The first-order valence-corrected chi connectivity index (χ1v) is 9.20. The molecule has 0 bridgehead atoms. The molecule has 1 atom stereocenters. The Morgan fingerprint density at radius 3 is 2.72 bits per heavy atom. The summed E-state index contributed by atoms with van der Waals surface area (Å²) in [5, 5.41) is 4.78. The van der Waals surface area contributed by atoms with Crippen molar-refractivity contribution in [2.45, 2.75) is 39.7 Å². The van der Waals surface area contributed by atoms with E-state index in [0.29, 0.717) is 27.7 Å². The van der Waals surface area contributed by atoms with Crippen molar-refractivity contribution in [2.75, 3.05) is 13.1 Å². The zero-order valence-corrected chi connectivity index (χ0v) is 15.8. The van der Waals surface area contributed by atoms with Crippen LogP contribution in [-0.2, 0) is 7.05 Å². The number of amides is 1. The van der Waals surface area contributed by atoms with Crippen molar-refractivity contribution >= 4 is 17.2 Å². The third-order valence-corrected chi connectivity index (χ3v) is 6.00. The molecule has 0 aliphatic carbocycles. The maximum Gasteiger partial charge on any atom is 0.277 e. The van der Waals surface area contributed by atoms with Gasteiger partial charge >= 0.3 is 0 Å². The van der Waals surface area contributed by atoms with E-state index in [9.17, 15) is 9.59 Å². The van der Waals surface area contributed by atoms with E-state index in [1.54, 1.807) is 7.05 Å². The Morgan fingerprint density at radius 1 is 1.32 bits per heavy atom. The van der Waals surface area contributed by atoms with Crippen LogP contribution in [0.4, 0.5) is 0 Å². The molecule has 7 nitrogen and oxygen atoms in total. The van der Waals surface area contributed by atoms with Crippen LogP contribution >= 0.6 is 11.3 Å². The molecule has 25 heavy (non-hydrogen) atoms. The molecule has 1 aliphatic heterocycles. The fourth-order valence-corrected chi connectivity index (χ4v) is 4.40. The van der Waals surface area contributed by atoms with Crippen LogP contribution in [0, 0.1) is 20.8 Å². The third-order valence-electron chi connectivity index (χ3n) is 4.84. The third kappa shape index (κ3) is 3.00. The molecule has 1 unspecified atom stereocenters. The van der Waals surface area contributed by atoms with Gasteiger partial charge in [0.25, 0.3) is 11.5 Å². The second-order valence-electron chi connectivity index (χ2n) is 6.48. The largest absolute Gasteiger partial charge is 0.334 e. The zero-order chi connectivity index (χ0) is 18.3. The first-order valence-electron chi connectivity index (χ1n) is 8.38. The molecule has 2 aromatic rings. The van der Waals surface area contributed by atoms with Gasteiger partial charge in [-0.1, -0.05) is 0 Å². The van der Waals surface area contributed by atoms with Crippen LogP contribution < -0.4 is 11.3 Å². The average Bonchev–Trinajstić information content (AvgIpc) is 3.19. The summed E-state index contributed by atoms with van der Waals surface area (Å²) in [4.78, 5) is 32.4. The van der Waals surface area contributed by atoms with Gasteiger partial charge in [0.05, 0.1) is 17.0 Å². The molecule has 1 amide bonds. The van der Waals surface area contributed by atoms with Crippen molar-refractivity contribution in [3.8, 4) is 10.6 Å². The minimum Gasteiger partial charge on any atom is -0.334 e. The summed E-state index contributed by atoms with van der Waals surface area (Å²) in [6.07, 6.45) is 1.91. The molecule has 3 heterocycles. The molecule has 2 aromatic heterocycles. The first-order chi connectivity index (χ1) is 11.8. The van der Waals surface area contributed by atoms with Crippen LogP contribution in [0.15, 0.2) is 4.79 Å². The van der Waals surface area contributed by atoms with Gasteiger partial charge in [-0.05, 0) is 39.2 Å². The van der Waals surface area contributed by atoms with Crippen LogP contribution in [-0.4, -0.2) is 44.7 Å². The second-order valence-corrected chi connectivity index (χ2v) is 7.48. The fourth-order valence-electron chi connectivity index (χ4n) is 3.28. The smallest absolute Gasteiger partial charge is 0.277 e. The second kappa shape index (κ2) is 6.68. The molecule has 0 saturated carbocycles. The van der Waals surface area contributed by atoms with E-state index in [-0.39, 0.29) is 17.5 Å². The topological polar surface area (TPSA) is 94.1 Å². The van der Waals surface area contributed by atoms with Crippen molar-refractivity contribution in [1.82, 2.24) is 19.7 Å². The predicted octanol–water partition coefficient (Wildman–Crippen LogP) is 1.39. The molecular formula is C17H23N5O2S. The molecule has 0 radical (unpaired) electrons. The summed E-state index contributed by atoms with van der Waals surface area (Å²) >= 11 is 1.28. The lowest BCUT2D eigenvalue weighted by molar-refractivity contribution is 0.0745. The summed E-state index contributed by atoms with van der Waals surface area (Å²) in [7, 11) is 1.63. The van der Waals surface area contributed by atoms with Gasteiger partial charge in [-0.2, -0.15) is 5.10 Å². The summed E-state index contributed by atoms with van der Waals surface area (Å²) in [5.41, 5.74) is 8.36. The number of nitrogens with zero attached hydrogens (tertiary/aromatic N) is 4. The normalized spacial score (nSPS) is 17.3. The molecule has 1 fully saturated rings. The highest BCUT2D eigenvalue weighted by Gasteiger charge is 2.31. The van der Waals surface area contributed by atoms with E-state index < -0.39 is 0 Å². The molecule has 134 valence electrons. The van der Waals surface area contributed by atoms with E-state index >= 15 is 0 Å². The monoisotopic (exact) mass is 361 g/mol. The summed E-state index contributed by atoms with van der Waals surface area (Å²) in [6.45, 7) is 6.74. The Morgan fingerprint density at radius 2 is 2.04 bits per heavy atom. The standard InChI is InChI=1S/C17H23N5O2S/c1-9-10(2)20-21(4)16(23)13(9)15-19-11(3)14(25-15)17(24)22-7-5-6-12(22)8-18/h12H,5-8,18H2,1-4H3. The van der Waals surface area contributed by atoms with Crippen LogP contribution in [0.3, 0.4) is 0 Å². The Hall–Kier alpha value is -2.06. The van der Waals surface area contributed by atoms with Crippen molar-refractivity contribution < 1.29 is 4.79 Å². The molecule has 1 aliphatic rings. The molecular weight excluding hydrogens is 338 g/mol. The molecule has 0 spiro atoms. The van der Waals surface area contributed by atoms with Crippen molar-refractivity contribution in [3.05, 3.63) is 32.2 Å². The quantitative estimate of drug-likeness (QED) is 0.892. The average molecular weight is 361 g/mol. The van der Waals surface area contributed by atoms with Gasteiger partial charge in [0.15, 0.2) is 0 Å². The highest BCUT2D eigenvalue weighted by atomic mass is 32.1. The van der Waals surface area contributed by atoms with Gasteiger partial charge < -0.3 is 10.6 Å². The number of carbonyl (C=O) groups excluding carboxylic acids is 1. The number of nitrogens with two attached hydrogens (primary N) is 1. The van der Waals surface area contributed by atoms with Gasteiger partial charge in [0, 0.05) is 26.2 Å². The number of aryl methyl sites for hydroxylation is 3. The van der Waals surface area contributed by atoms with Crippen molar-refractivity contribution in [1.29, 1.82) is 0 Å². The molecule has 2 N–H and O–H groups in total. The molecule has 3 rings (SSSR count). The van der Waals surface area contributed by atoms with Crippen LogP contribution in [0.2, 0.25) is 0 Å². The predicted molar refractivity (Wildman–Crippen MR) is 97.9 cm³/mol. The number of carbonyl (C=O) groups is 1. The Balaban J connectivity index is 2.05. The summed E-state index contributed by atoms with van der Waals surface area (Å²) in [5.74, 6) is -0.0329. The Bertz CT molecular complexity index is 886. The van der Waals surface area contributed by atoms with Gasteiger partial charge in [-0.15, -0.1) is 11.3 Å².